The van der Waals surface area contributed by atoms with Crippen molar-refractivity contribution in [3.8, 4) is 0 Å². The van der Waals surface area contributed by atoms with Gasteiger partial charge in [-0.25, -0.2) is 4.99 Å². The molecule has 0 radical (unpaired) electrons. The van der Waals surface area contributed by atoms with Crippen molar-refractivity contribution in [1.82, 2.24) is 4.90 Å². The number of nitrogens with zero attached hydrogens (tertiary/aromatic N) is 2. The molecule has 4 rings (SSSR count). The lowest BCUT2D eigenvalue weighted by atomic mass is 9.68. The van der Waals surface area contributed by atoms with Crippen LogP contribution in [0.5, 0.6) is 0 Å². The van der Waals surface area contributed by atoms with Crippen LogP contribution in [0.1, 0.15) is 23.1 Å². The van der Waals surface area contributed by atoms with Crippen LogP contribution in [0.4, 0.5) is 0 Å². The minimum absolute atomic E-state index is 0.134. The summed E-state index contributed by atoms with van der Waals surface area (Å²) in [6.45, 7) is -0.141. The SMILES string of the molecule is COC1(C2(c3cccc(CO)c3)N=C(N)N(C)C2=O)C=CC=C(c2ccccc2)C1. The third-order valence-corrected chi connectivity index (χ3v) is 6.00. The predicted octanol–water partition coefficient (Wildman–Crippen LogP) is 2.59. The average Bonchev–Trinajstić information content (AvgIpc) is 3.04. The number of nitrogens with two attached hydrogens (primary N) is 1. The van der Waals surface area contributed by atoms with Gasteiger partial charge in [-0.3, -0.25) is 9.69 Å². The van der Waals surface area contributed by atoms with Crippen molar-refractivity contribution in [1.29, 1.82) is 0 Å². The Hall–Kier alpha value is -3.22. The first-order chi connectivity index (χ1) is 14.5. The highest BCUT2D eigenvalue weighted by Gasteiger charge is 2.62. The van der Waals surface area contributed by atoms with Crippen LogP contribution in [-0.4, -0.2) is 41.6 Å². The molecule has 0 spiro atoms. The molecule has 2 aliphatic rings. The Kier molecular flexibility index (Phi) is 5.05. The van der Waals surface area contributed by atoms with Crippen LogP contribution in [0, 0.1) is 0 Å². The highest BCUT2D eigenvalue weighted by molar-refractivity contribution is 6.08. The van der Waals surface area contributed by atoms with Gasteiger partial charge in [0.1, 0.15) is 5.60 Å². The molecule has 1 aliphatic carbocycles. The Balaban J connectivity index is 1.92. The van der Waals surface area contributed by atoms with Crippen molar-refractivity contribution in [2.45, 2.75) is 24.2 Å². The lowest BCUT2D eigenvalue weighted by Crippen LogP contribution is -2.57. The molecule has 1 aliphatic heterocycles. The van der Waals surface area contributed by atoms with E-state index in [0.717, 1.165) is 11.1 Å². The number of aliphatic hydroxyl groups excluding tert-OH is 1. The summed E-state index contributed by atoms with van der Waals surface area (Å²) in [5, 5.41) is 9.67. The number of aliphatic hydroxyl groups is 1. The Morgan fingerprint density at radius 2 is 1.97 bits per heavy atom. The van der Waals surface area contributed by atoms with Crippen molar-refractivity contribution < 1.29 is 14.6 Å². The van der Waals surface area contributed by atoms with E-state index in [-0.39, 0.29) is 18.5 Å². The first-order valence-electron chi connectivity index (χ1n) is 9.80. The van der Waals surface area contributed by atoms with Gasteiger partial charge in [-0.2, -0.15) is 0 Å². The zero-order chi connectivity index (χ0) is 21.4. The molecule has 0 aromatic heterocycles. The normalized spacial score (nSPS) is 26.0. The average molecular weight is 403 g/mol. The van der Waals surface area contributed by atoms with Crippen molar-refractivity contribution in [2.75, 3.05) is 14.2 Å². The molecular formula is C24H25N3O3. The Morgan fingerprint density at radius 1 is 1.20 bits per heavy atom. The van der Waals surface area contributed by atoms with E-state index in [1.165, 1.54) is 4.90 Å². The first kappa shape index (κ1) is 20.1. The topological polar surface area (TPSA) is 88.2 Å². The number of carbonyl (C=O) groups excluding carboxylic acids is 1. The highest BCUT2D eigenvalue weighted by atomic mass is 16.5. The molecule has 2 aromatic carbocycles. The number of ether oxygens (including phenoxy) is 1. The van der Waals surface area contributed by atoms with E-state index in [1.54, 1.807) is 26.3 Å². The smallest absolute Gasteiger partial charge is 0.265 e. The van der Waals surface area contributed by atoms with Gasteiger partial charge >= 0.3 is 0 Å². The number of hydrogen-bond donors (Lipinski definition) is 2. The van der Waals surface area contributed by atoms with E-state index in [9.17, 15) is 9.90 Å². The molecule has 2 aromatic rings. The molecule has 0 saturated carbocycles. The second kappa shape index (κ2) is 7.55. The van der Waals surface area contributed by atoms with Crippen molar-refractivity contribution in [2.24, 2.45) is 10.7 Å². The van der Waals surface area contributed by atoms with Gasteiger partial charge in [-0.1, -0.05) is 66.7 Å². The maximum absolute atomic E-state index is 13.7. The number of likely N-dealkylation sites (N-methyl/N-ethyl adjacent to an activating group) is 1. The van der Waals surface area contributed by atoms with Crippen LogP contribution in [0.2, 0.25) is 0 Å². The summed E-state index contributed by atoms with van der Waals surface area (Å²) < 4.78 is 6.11. The minimum atomic E-state index is -1.41. The molecule has 0 saturated heterocycles. The van der Waals surface area contributed by atoms with Crippen LogP contribution in [-0.2, 0) is 21.7 Å². The summed E-state index contributed by atoms with van der Waals surface area (Å²) in [4.78, 5) is 19.7. The highest BCUT2D eigenvalue weighted by Crippen LogP contribution is 2.50. The molecule has 3 N–H and O–H groups in total. The number of hydrogen-bond acceptors (Lipinski definition) is 5. The Labute approximate surface area is 176 Å². The van der Waals surface area contributed by atoms with E-state index in [1.807, 2.05) is 60.7 Å². The molecule has 0 fully saturated rings. The van der Waals surface area contributed by atoms with Crippen molar-refractivity contribution in [3.63, 3.8) is 0 Å². The molecule has 30 heavy (non-hydrogen) atoms. The lowest BCUT2D eigenvalue weighted by molar-refractivity contribution is -0.140. The minimum Gasteiger partial charge on any atom is -0.392 e. The van der Waals surface area contributed by atoms with E-state index >= 15 is 0 Å². The maximum Gasteiger partial charge on any atom is 0.265 e. The third kappa shape index (κ3) is 2.88. The second-order valence-corrected chi connectivity index (χ2v) is 7.59. The molecule has 154 valence electrons. The monoisotopic (exact) mass is 403 g/mol. The molecule has 1 heterocycles. The summed E-state index contributed by atoms with van der Waals surface area (Å²) >= 11 is 0. The fraction of sp³-hybridized carbons (Fsp3) is 0.250. The number of benzene rings is 2. The molecule has 1 amide bonds. The molecular weight excluding hydrogens is 378 g/mol. The number of carbonyl (C=O) groups is 1. The second-order valence-electron chi connectivity index (χ2n) is 7.59. The Bertz CT molecular complexity index is 1060. The van der Waals surface area contributed by atoms with Crippen molar-refractivity contribution >= 4 is 17.4 Å². The van der Waals surface area contributed by atoms with Gasteiger partial charge in [0.15, 0.2) is 5.96 Å². The summed E-state index contributed by atoms with van der Waals surface area (Å²) in [5.41, 5.74) is 7.04. The molecule has 0 bridgehead atoms. The summed E-state index contributed by atoms with van der Waals surface area (Å²) in [5.74, 6) is -0.133. The van der Waals surface area contributed by atoms with E-state index in [0.29, 0.717) is 17.5 Å². The fourth-order valence-corrected chi connectivity index (χ4v) is 4.35. The molecule has 2 unspecified atom stereocenters. The van der Waals surface area contributed by atoms with Crippen molar-refractivity contribution in [3.05, 3.63) is 89.5 Å². The van der Waals surface area contributed by atoms with E-state index < -0.39 is 11.1 Å². The largest absolute Gasteiger partial charge is 0.392 e. The zero-order valence-corrected chi connectivity index (χ0v) is 17.1. The van der Waals surface area contributed by atoms with Gasteiger partial charge in [0.05, 0.1) is 6.61 Å². The summed E-state index contributed by atoms with van der Waals surface area (Å²) in [6.07, 6.45) is 6.26. The predicted molar refractivity (Wildman–Crippen MR) is 116 cm³/mol. The third-order valence-electron chi connectivity index (χ3n) is 6.00. The number of rotatable bonds is 5. The number of amides is 1. The Morgan fingerprint density at radius 3 is 2.60 bits per heavy atom. The van der Waals surface area contributed by atoms with Gasteiger partial charge in [0, 0.05) is 20.6 Å². The van der Waals surface area contributed by atoms with Gasteiger partial charge in [0.2, 0.25) is 5.54 Å². The van der Waals surface area contributed by atoms with Crippen LogP contribution in [0.3, 0.4) is 0 Å². The van der Waals surface area contributed by atoms with Crippen LogP contribution in [0.25, 0.3) is 5.57 Å². The first-order valence-corrected chi connectivity index (χ1v) is 9.80. The van der Waals surface area contributed by atoms with Crippen LogP contribution in [0.15, 0.2) is 77.8 Å². The maximum atomic E-state index is 13.7. The number of aliphatic imine (C=N–C) groups is 1. The lowest BCUT2D eigenvalue weighted by Gasteiger charge is -2.44. The van der Waals surface area contributed by atoms with Crippen LogP contribution >= 0.6 is 0 Å². The quantitative estimate of drug-likeness (QED) is 0.803. The van der Waals surface area contributed by atoms with Gasteiger partial charge in [0.25, 0.3) is 5.91 Å². The van der Waals surface area contributed by atoms with E-state index in [4.69, 9.17) is 15.5 Å². The number of guanidine groups is 1. The number of allylic oxidation sites excluding steroid dienone is 2. The molecule has 6 heteroatoms. The molecule has 6 nitrogen and oxygen atoms in total. The summed E-state index contributed by atoms with van der Waals surface area (Å²) in [6, 6.07) is 17.2. The summed E-state index contributed by atoms with van der Waals surface area (Å²) in [7, 11) is 3.20. The van der Waals surface area contributed by atoms with E-state index in [2.05, 4.69) is 0 Å². The van der Waals surface area contributed by atoms with Gasteiger partial charge in [-0.15, -0.1) is 0 Å². The zero-order valence-electron chi connectivity index (χ0n) is 17.1. The fourth-order valence-electron chi connectivity index (χ4n) is 4.35. The van der Waals surface area contributed by atoms with Crippen LogP contribution < -0.4 is 5.73 Å². The standard InChI is InChI=1S/C24H25N3O3/c1-27-21(29)24(26-22(27)25,20-12-6-8-17(14-20)16-28)23(30-2)13-7-11-19(15-23)18-9-4-3-5-10-18/h3-14,28H,15-16H2,1-2H3,(H2,25,26). The van der Waals surface area contributed by atoms with Gasteiger partial charge in [-0.05, 0) is 28.3 Å². The number of methoxy groups -OCH3 is 1. The molecule has 2 atom stereocenters. The van der Waals surface area contributed by atoms with Gasteiger partial charge < -0.3 is 15.6 Å².